The van der Waals surface area contributed by atoms with Crippen molar-refractivity contribution in [3.8, 4) is 0 Å². The Morgan fingerprint density at radius 3 is 1.93 bits per heavy atom. The van der Waals surface area contributed by atoms with Crippen molar-refractivity contribution in [3.63, 3.8) is 0 Å². The van der Waals surface area contributed by atoms with E-state index >= 15 is 0 Å². The summed E-state index contributed by atoms with van der Waals surface area (Å²) >= 11 is 0. The van der Waals surface area contributed by atoms with Crippen LogP contribution in [0.5, 0.6) is 0 Å². The molecule has 0 saturated heterocycles. The Hall–Kier alpha value is -2.33. The summed E-state index contributed by atoms with van der Waals surface area (Å²) in [4.78, 5) is 12.8. The second-order valence-corrected chi connectivity index (χ2v) is 7.83. The molecule has 0 radical (unpaired) electrons. The number of nitrogens with one attached hydrogen (secondary N) is 2. The van der Waals surface area contributed by atoms with Gasteiger partial charge in [-0.3, -0.25) is 4.57 Å². The molecule has 4 nitrogen and oxygen atoms in total. The van der Waals surface area contributed by atoms with Crippen molar-refractivity contribution in [2.24, 2.45) is 0 Å². The van der Waals surface area contributed by atoms with Gasteiger partial charge in [-0.2, -0.15) is 0 Å². The Kier molecular flexibility index (Phi) is 8.57. The maximum absolute atomic E-state index is 12.8. The van der Waals surface area contributed by atoms with Crippen LogP contribution in [0, 0.1) is 0 Å². The number of nitrogens with zero attached hydrogens (tertiary/aromatic N) is 1. The molecular weight excluding hydrogens is 358 g/mol. The van der Waals surface area contributed by atoms with Gasteiger partial charge in [0.1, 0.15) is 0 Å². The lowest BCUT2D eigenvalue weighted by atomic mass is 10.1. The molecule has 2 N–H and O–H groups in total. The average molecular weight is 394 g/mol. The number of benzene rings is 2. The van der Waals surface area contributed by atoms with E-state index in [1.54, 1.807) is 4.57 Å². The summed E-state index contributed by atoms with van der Waals surface area (Å²) in [6, 6.07) is 16.1. The highest BCUT2D eigenvalue weighted by molar-refractivity contribution is 6.13. The van der Waals surface area contributed by atoms with Crippen molar-refractivity contribution in [1.29, 1.82) is 0 Å². The Morgan fingerprint density at radius 1 is 0.724 bits per heavy atom. The predicted molar refractivity (Wildman–Crippen MR) is 124 cm³/mol. The molecule has 0 saturated carbocycles. The number of hydrogen-bond acceptors (Lipinski definition) is 2. The Morgan fingerprint density at radius 2 is 1.28 bits per heavy atom. The smallest absolute Gasteiger partial charge is 0.326 e. The van der Waals surface area contributed by atoms with Gasteiger partial charge in [-0.1, -0.05) is 81.8 Å². The third kappa shape index (κ3) is 5.83. The zero-order valence-corrected chi connectivity index (χ0v) is 17.8. The van der Waals surface area contributed by atoms with Crippen LogP contribution in [0.4, 0.5) is 4.79 Å². The van der Waals surface area contributed by atoms with Crippen LogP contribution in [0.3, 0.4) is 0 Å². The van der Waals surface area contributed by atoms with Gasteiger partial charge in [0.25, 0.3) is 0 Å². The van der Waals surface area contributed by atoms with Gasteiger partial charge in [0.15, 0.2) is 0 Å². The third-order valence-electron chi connectivity index (χ3n) is 5.55. The normalized spacial score (nSPS) is 11.3. The first kappa shape index (κ1) is 21.4. The monoisotopic (exact) mass is 393 g/mol. The van der Waals surface area contributed by atoms with Crippen molar-refractivity contribution in [1.82, 2.24) is 15.2 Å². The molecule has 0 fully saturated rings. The highest BCUT2D eigenvalue weighted by atomic mass is 16.2. The van der Waals surface area contributed by atoms with Crippen molar-refractivity contribution in [2.75, 3.05) is 19.6 Å². The first-order valence-corrected chi connectivity index (χ1v) is 11.3. The molecule has 3 rings (SSSR count). The minimum atomic E-state index is -0.0468. The third-order valence-corrected chi connectivity index (χ3v) is 5.55. The highest BCUT2D eigenvalue weighted by Gasteiger charge is 2.14. The van der Waals surface area contributed by atoms with Crippen LogP contribution in [-0.2, 0) is 0 Å². The quantitative estimate of drug-likeness (QED) is 0.366. The maximum Gasteiger partial charge on any atom is 0.326 e. The zero-order chi connectivity index (χ0) is 20.3. The Balaban J connectivity index is 1.38. The maximum atomic E-state index is 12.8. The summed E-state index contributed by atoms with van der Waals surface area (Å²) in [6.45, 7) is 4.97. The van der Waals surface area contributed by atoms with Crippen LogP contribution >= 0.6 is 0 Å². The molecule has 3 aromatic rings. The molecule has 0 bridgehead atoms. The van der Waals surface area contributed by atoms with Crippen molar-refractivity contribution in [3.05, 3.63) is 48.5 Å². The van der Waals surface area contributed by atoms with Gasteiger partial charge in [0.05, 0.1) is 11.0 Å². The first-order chi connectivity index (χ1) is 14.3. The van der Waals surface area contributed by atoms with E-state index in [1.165, 1.54) is 44.9 Å². The molecule has 0 atom stereocenters. The standard InChI is InChI=1S/C25H35N3O/c1-2-3-4-5-6-7-12-18-26-19-13-20-27-25(29)28-23-16-10-8-14-21(23)22-15-9-11-17-24(22)28/h8-11,14-17,26H,2-7,12-13,18-20H2,1H3,(H,27,29). The molecule has 2 aromatic carbocycles. The van der Waals surface area contributed by atoms with Gasteiger partial charge in [-0.15, -0.1) is 0 Å². The topological polar surface area (TPSA) is 46.1 Å². The molecule has 0 aliphatic rings. The van der Waals surface area contributed by atoms with Crippen LogP contribution in [0.2, 0.25) is 0 Å². The van der Waals surface area contributed by atoms with E-state index in [0.29, 0.717) is 6.54 Å². The van der Waals surface area contributed by atoms with E-state index in [4.69, 9.17) is 0 Å². The number of fused-ring (bicyclic) bond motifs is 3. The molecule has 0 unspecified atom stereocenters. The number of unbranched alkanes of at least 4 members (excludes halogenated alkanes) is 6. The minimum Gasteiger partial charge on any atom is -0.337 e. The summed E-state index contributed by atoms with van der Waals surface area (Å²) in [5.41, 5.74) is 1.92. The largest absolute Gasteiger partial charge is 0.337 e. The summed E-state index contributed by atoms with van der Waals surface area (Å²) in [6.07, 6.45) is 10.3. The predicted octanol–water partition coefficient (Wildman–Crippen LogP) is 6.08. The second-order valence-electron chi connectivity index (χ2n) is 7.83. The van der Waals surface area contributed by atoms with E-state index in [-0.39, 0.29) is 6.03 Å². The fourth-order valence-corrected chi connectivity index (χ4v) is 3.96. The van der Waals surface area contributed by atoms with E-state index in [2.05, 4.69) is 29.7 Å². The molecular formula is C25H35N3O. The van der Waals surface area contributed by atoms with Crippen molar-refractivity contribution >= 4 is 27.8 Å². The van der Waals surface area contributed by atoms with Crippen LogP contribution in [0.1, 0.15) is 58.3 Å². The van der Waals surface area contributed by atoms with E-state index in [9.17, 15) is 4.79 Å². The second kappa shape index (κ2) is 11.6. The molecule has 1 aromatic heterocycles. The summed E-state index contributed by atoms with van der Waals surface area (Å²) < 4.78 is 1.80. The van der Waals surface area contributed by atoms with Crippen LogP contribution in [0.25, 0.3) is 21.8 Å². The van der Waals surface area contributed by atoms with E-state index < -0.39 is 0 Å². The number of rotatable bonds is 12. The van der Waals surface area contributed by atoms with Crippen LogP contribution in [0.15, 0.2) is 48.5 Å². The molecule has 0 aliphatic heterocycles. The Bertz CT molecular complexity index is 846. The number of aromatic nitrogens is 1. The fourth-order valence-electron chi connectivity index (χ4n) is 3.96. The lowest BCUT2D eigenvalue weighted by Crippen LogP contribution is -2.31. The number of amides is 1. The first-order valence-electron chi connectivity index (χ1n) is 11.3. The van der Waals surface area contributed by atoms with Gasteiger partial charge < -0.3 is 10.6 Å². The zero-order valence-electron chi connectivity index (χ0n) is 17.8. The van der Waals surface area contributed by atoms with Gasteiger partial charge in [0, 0.05) is 17.3 Å². The van der Waals surface area contributed by atoms with Gasteiger partial charge in [0.2, 0.25) is 0 Å². The Labute approximate surface area is 174 Å². The van der Waals surface area contributed by atoms with Crippen molar-refractivity contribution in [2.45, 2.75) is 58.3 Å². The number of carbonyl (C=O) groups is 1. The molecule has 0 spiro atoms. The summed E-state index contributed by atoms with van der Waals surface area (Å²) in [5, 5.41) is 8.82. The molecule has 0 aliphatic carbocycles. The summed E-state index contributed by atoms with van der Waals surface area (Å²) in [5.74, 6) is 0. The number of para-hydroxylation sites is 2. The molecule has 156 valence electrons. The lowest BCUT2D eigenvalue weighted by Gasteiger charge is -2.09. The van der Waals surface area contributed by atoms with Crippen LogP contribution in [-0.4, -0.2) is 30.2 Å². The highest BCUT2D eigenvalue weighted by Crippen LogP contribution is 2.28. The fraction of sp³-hybridized carbons (Fsp3) is 0.480. The minimum absolute atomic E-state index is 0.0468. The summed E-state index contributed by atoms with van der Waals surface area (Å²) in [7, 11) is 0. The van der Waals surface area contributed by atoms with Gasteiger partial charge >= 0.3 is 6.03 Å². The number of carbonyl (C=O) groups excluding carboxylic acids is 1. The number of hydrogen-bond donors (Lipinski definition) is 2. The molecule has 4 heteroatoms. The van der Waals surface area contributed by atoms with E-state index in [1.807, 2.05) is 36.4 Å². The molecule has 29 heavy (non-hydrogen) atoms. The SMILES string of the molecule is CCCCCCCCCNCCCNC(=O)n1c2ccccc2c2ccccc21. The van der Waals surface area contributed by atoms with Gasteiger partial charge in [-0.25, -0.2) is 4.79 Å². The van der Waals surface area contributed by atoms with Crippen molar-refractivity contribution < 1.29 is 4.79 Å². The average Bonchev–Trinajstić information content (AvgIpc) is 3.09. The van der Waals surface area contributed by atoms with Crippen LogP contribution < -0.4 is 10.6 Å². The van der Waals surface area contributed by atoms with Gasteiger partial charge in [-0.05, 0) is 38.1 Å². The molecule has 1 heterocycles. The van der Waals surface area contributed by atoms with E-state index in [0.717, 1.165) is 41.3 Å². The lowest BCUT2D eigenvalue weighted by molar-refractivity contribution is 0.244. The molecule has 1 amide bonds.